The lowest BCUT2D eigenvalue weighted by molar-refractivity contribution is -0.137. The average Bonchev–Trinajstić information content (AvgIpc) is 3.11. The number of amides is 2. The van der Waals surface area contributed by atoms with Gasteiger partial charge in [0, 0.05) is 64.9 Å². The summed E-state index contributed by atoms with van der Waals surface area (Å²) in [5.74, 6) is 0.140. The van der Waals surface area contributed by atoms with Crippen LogP contribution in [-0.2, 0) is 20.9 Å². The molecule has 1 atom stereocenters. The van der Waals surface area contributed by atoms with Gasteiger partial charge in [0.15, 0.2) is 0 Å². The maximum Gasteiger partial charge on any atom is 0.228 e. The Labute approximate surface area is 161 Å². The predicted molar refractivity (Wildman–Crippen MR) is 102 cm³/mol. The Morgan fingerprint density at radius 2 is 1.74 bits per heavy atom. The molecule has 3 heterocycles. The monoisotopic (exact) mass is 371 g/mol. The number of benzene rings is 1. The number of piperazine rings is 1. The molecule has 0 saturated carbocycles. The van der Waals surface area contributed by atoms with Crippen LogP contribution in [0.15, 0.2) is 30.3 Å². The summed E-state index contributed by atoms with van der Waals surface area (Å²) in [6.45, 7) is 6.26. The van der Waals surface area contributed by atoms with E-state index in [-0.39, 0.29) is 23.8 Å². The normalized spacial score (nSPS) is 25.2. The summed E-state index contributed by atoms with van der Waals surface area (Å²) in [6, 6.07) is 10.7. The quantitative estimate of drug-likeness (QED) is 0.802. The topological polar surface area (TPSA) is 53.1 Å². The Kier molecular flexibility index (Phi) is 5.74. The van der Waals surface area contributed by atoms with Gasteiger partial charge in [-0.3, -0.25) is 14.5 Å². The van der Waals surface area contributed by atoms with E-state index in [9.17, 15) is 9.59 Å². The lowest BCUT2D eigenvalue weighted by Crippen LogP contribution is -2.50. The van der Waals surface area contributed by atoms with Crippen molar-refractivity contribution >= 4 is 11.8 Å². The molecule has 1 aromatic carbocycles. The molecule has 6 heteroatoms. The van der Waals surface area contributed by atoms with Crippen LogP contribution < -0.4 is 0 Å². The fourth-order valence-corrected chi connectivity index (χ4v) is 4.47. The summed E-state index contributed by atoms with van der Waals surface area (Å²) < 4.78 is 5.40. The van der Waals surface area contributed by atoms with Crippen molar-refractivity contribution in [2.24, 2.45) is 5.92 Å². The number of nitrogens with zero attached hydrogens (tertiary/aromatic N) is 3. The molecule has 0 bridgehead atoms. The van der Waals surface area contributed by atoms with Crippen molar-refractivity contribution in [3.63, 3.8) is 0 Å². The van der Waals surface area contributed by atoms with Crippen molar-refractivity contribution in [2.75, 3.05) is 45.9 Å². The second-order valence-electron chi connectivity index (χ2n) is 7.88. The van der Waals surface area contributed by atoms with Crippen LogP contribution in [0, 0.1) is 5.92 Å². The maximum absolute atomic E-state index is 12.9. The van der Waals surface area contributed by atoms with Crippen LogP contribution in [0.1, 0.15) is 24.8 Å². The van der Waals surface area contributed by atoms with E-state index in [2.05, 4.69) is 29.2 Å². The molecular weight excluding hydrogens is 342 g/mol. The van der Waals surface area contributed by atoms with Crippen molar-refractivity contribution < 1.29 is 14.3 Å². The predicted octanol–water partition coefficient (Wildman–Crippen LogP) is 1.36. The van der Waals surface area contributed by atoms with E-state index in [0.717, 1.165) is 58.8 Å². The number of carbonyl (C=O) groups is 2. The fourth-order valence-electron chi connectivity index (χ4n) is 4.47. The molecule has 0 radical (unpaired) electrons. The van der Waals surface area contributed by atoms with E-state index in [0.29, 0.717) is 13.0 Å². The van der Waals surface area contributed by atoms with Crippen LogP contribution in [0.25, 0.3) is 0 Å². The Morgan fingerprint density at radius 1 is 1.04 bits per heavy atom. The van der Waals surface area contributed by atoms with E-state index >= 15 is 0 Å². The Bertz CT molecular complexity index is 652. The van der Waals surface area contributed by atoms with Crippen LogP contribution in [0.4, 0.5) is 0 Å². The van der Waals surface area contributed by atoms with Gasteiger partial charge in [-0.1, -0.05) is 30.3 Å². The molecule has 3 fully saturated rings. The smallest absolute Gasteiger partial charge is 0.228 e. The Hall–Kier alpha value is -1.92. The lowest BCUT2D eigenvalue weighted by atomic mass is 10.1. The minimum absolute atomic E-state index is 0.142. The first kappa shape index (κ1) is 18.4. The van der Waals surface area contributed by atoms with E-state index in [1.807, 2.05) is 15.9 Å². The van der Waals surface area contributed by atoms with Crippen molar-refractivity contribution in [2.45, 2.75) is 31.8 Å². The third-order valence-electron chi connectivity index (χ3n) is 6.07. The van der Waals surface area contributed by atoms with Crippen LogP contribution >= 0.6 is 0 Å². The number of ether oxygens (including phenoxy) is 1. The summed E-state index contributed by atoms with van der Waals surface area (Å²) in [5, 5.41) is 0. The molecule has 3 saturated heterocycles. The summed E-state index contributed by atoms with van der Waals surface area (Å²) in [5.41, 5.74) is 1.31. The minimum Gasteiger partial charge on any atom is -0.381 e. The molecular formula is C21H29N3O3. The number of likely N-dealkylation sites (tertiary alicyclic amines) is 1. The van der Waals surface area contributed by atoms with Crippen LogP contribution in [0.3, 0.4) is 0 Å². The molecule has 0 aromatic heterocycles. The van der Waals surface area contributed by atoms with Gasteiger partial charge in [-0.25, -0.2) is 0 Å². The average molecular weight is 371 g/mol. The number of hydrogen-bond donors (Lipinski definition) is 0. The number of hydrogen-bond acceptors (Lipinski definition) is 4. The number of carbonyl (C=O) groups excluding carboxylic acids is 2. The molecule has 4 rings (SSSR count). The zero-order valence-corrected chi connectivity index (χ0v) is 15.9. The molecule has 146 valence electrons. The second kappa shape index (κ2) is 8.40. The Balaban J connectivity index is 1.27. The highest BCUT2D eigenvalue weighted by Crippen LogP contribution is 2.26. The van der Waals surface area contributed by atoms with E-state index in [4.69, 9.17) is 4.74 Å². The highest BCUT2D eigenvalue weighted by molar-refractivity contribution is 5.89. The summed E-state index contributed by atoms with van der Waals surface area (Å²) in [7, 11) is 0. The highest BCUT2D eigenvalue weighted by atomic mass is 16.5. The zero-order valence-electron chi connectivity index (χ0n) is 15.9. The molecule has 3 aliphatic rings. The minimum atomic E-state index is -0.166. The fraction of sp³-hybridized carbons (Fsp3) is 0.619. The van der Waals surface area contributed by atoms with Crippen molar-refractivity contribution in [1.82, 2.24) is 14.7 Å². The largest absolute Gasteiger partial charge is 0.381 e. The highest BCUT2D eigenvalue weighted by Gasteiger charge is 2.40. The van der Waals surface area contributed by atoms with Gasteiger partial charge in [0.05, 0.1) is 5.92 Å². The molecule has 0 aliphatic carbocycles. The molecule has 6 nitrogen and oxygen atoms in total. The number of rotatable bonds is 4. The van der Waals surface area contributed by atoms with Crippen molar-refractivity contribution in [3.8, 4) is 0 Å². The van der Waals surface area contributed by atoms with Crippen molar-refractivity contribution in [3.05, 3.63) is 35.9 Å². The van der Waals surface area contributed by atoms with Crippen LogP contribution in [0.2, 0.25) is 0 Å². The van der Waals surface area contributed by atoms with Crippen LogP contribution in [-0.4, -0.2) is 78.5 Å². The molecule has 0 spiro atoms. The van der Waals surface area contributed by atoms with E-state index < -0.39 is 0 Å². The Morgan fingerprint density at radius 3 is 2.44 bits per heavy atom. The zero-order chi connectivity index (χ0) is 18.6. The van der Waals surface area contributed by atoms with Gasteiger partial charge >= 0.3 is 0 Å². The SMILES string of the molecule is O=C([C@@H]1CC(=O)N(C2CCOCC2)C1)N1CCN(Cc2ccccc2)CC1. The lowest BCUT2D eigenvalue weighted by Gasteiger charge is -2.36. The van der Waals surface area contributed by atoms with Gasteiger partial charge in [0.2, 0.25) is 11.8 Å². The van der Waals surface area contributed by atoms with Crippen LogP contribution in [0.5, 0.6) is 0 Å². The first-order valence-corrected chi connectivity index (χ1v) is 10.1. The molecule has 3 aliphatic heterocycles. The molecule has 2 amide bonds. The first-order valence-electron chi connectivity index (χ1n) is 10.1. The van der Waals surface area contributed by atoms with Gasteiger partial charge in [0.1, 0.15) is 0 Å². The summed E-state index contributed by atoms with van der Waals surface area (Å²) in [6.07, 6.45) is 2.16. The summed E-state index contributed by atoms with van der Waals surface area (Å²) >= 11 is 0. The molecule has 27 heavy (non-hydrogen) atoms. The van der Waals surface area contributed by atoms with E-state index in [1.54, 1.807) is 0 Å². The second-order valence-corrected chi connectivity index (χ2v) is 7.88. The van der Waals surface area contributed by atoms with Gasteiger partial charge in [-0.15, -0.1) is 0 Å². The van der Waals surface area contributed by atoms with E-state index in [1.165, 1.54) is 5.56 Å². The van der Waals surface area contributed by atoms with Gasteiger partial charge < -0.3 is 14.5 Å². The van der Waals surface area contributed by atoms with Crippen molar-refractivity contribution in [1.29, 1.82) is 0 Å². The standard InChI is InChI=1S/C21H29N3O3/c25-20-14-18(16-24(20)19-6-12-27-13-7-19)21(26)23-10-8-22(9-11-23)15-17-4-2-1-3-5-17/h1-5,18-19H,6-16H2/t18-/m1/s1. The van der Waals surface area contributed by atoms with Gasteiger partial charge in [-0.05, 0) is 18.4 Å². The third kappa shape index (κ3) is 4.33. The van der Waals surface area contributed by atoms with Gasteiger partial charge in [-0.2, -0.15) is 0 Å². The molecule has 1 aromatic rings. The third-order valence-corrected chi connectivity index (χ3v) is 6.07. The molecule has 0 unspecified atom stereocenters. The first-order chi connectivity index (χ1) is 13.2. The molecule has 0 N–H and O–H groups in total. The van der Waals surface area contributed by atoms with Gasteiger partial charge in [0.25, 0.3) is 0 Å². The maximum atomic E-state index is 12.9. The summed E-state index contributed by atoms with van der Waals surface area (Å²) in [4.78, 5) is 31.7.